The van der Waals surface area contributed by atoms with E-state index in [0.29, 0.717) is 16.9 Å². The van der Waals surface area contributed by atoms with Crippen molar-refractivity contribution in [2.24, 2.45) is 11.7 Å². The molecule has 4 rings (SSSR count). The molecule has 0 aliphatic heterocycles. The summed E-state index contributed by atoms with van der Waals surface area (Å²) in [6.45, 7) is -0.113. The molecule has 4 N–H and O–H groups in total. The van der Waals surface area contributed by atoms with Gasteiger partial charge in [0.2, 0.25) is 5.91 Å². The first-order valence-electron chi connectivity index (χ1n) is 10.7. The predicted octanol–water partition coefficient (Wildman–Crippen LogP) is 3.87. The monoisotopic (exact) mass is 480 g/mol. The summed E-state index contributed by atoms with van der Waals surface area (Å²) in [5, 5.41) is 2.84. The first-order chi connectivity index (χ1) is 16.2. The highest BCUT2D eigenvalue weighted by molar-refractivity contribution is 5.79. The fourth-order valence-corrected chi connectivity index (χ4v) is 3.54. The maximum absolute atomic E-state index is 13.1. The number of amides is 2. The van der Waals surface area contributed by atoms with Crippen LogP contribution in [0.2, 0.25) is 0 Å². The predicted molar refractivity (Wildman–Crippen MR) is 115 cm³/mol. The topological polar surface area (TPSA) is 110 Å². The van der Waals surface area contributed by atoms with Crippen molar-refractivity contribution in [3.8, 4) is 5.75 Å². The highest BCUT2D eigenvalue weighted by atomic mass is 19.2. The van der Waals surface area contributed by atoms with Gasteiger partial charge in [0.15, 0.2) is 29.9 Å². The Morgan fingerprint density at radius 3 is 2.35 bits per heavy atom. The van der Waals surface area contributed by atoms with Crippen molar-refractivity contribution in [1.29, 1.82) is 0 Å². The normalized spacial score (nSPS) is 13.8. The highest BCUT2D eigenvalue weighted by Gasteiger charge is 2.21. The zero-order chi connectivity index (χ0) is 24.7. The van der Waals surface area contributed by atoms with Gasteiger partial charge in [-0.05, 0) is 25.0 Å². The van der Waals surface area contributed by atoms with Gasteiger partial charge in [0.05, 0.1) is 17.6 Å². The first-order valence-corrected chi connectivity index (χ1v) is 10.7. The lowest BCUT2D eigenvalue weighted by Gasteiger charge is -2.20. The lowest BCUT2D eigenvalue weighted by molar-refractivity contribution is -0.126. The summed E-state index contributed by atoms with van der Waals surface area (Å²) in [5.41, 5.74) is 5.56. The Balaban J connectivity index is 0.000000215. The average Bonchev–Trinajstić information content (AvgIpc) is 3.21. The molecular weight excluding hydrogens is 456 g/mol. The Morgan fingerprint density at radius 2 is 1.68 bits per heavy atom. The molecule has 34 heavy (non-hydrogen) atoms. The molecule has 2 aromatic carbocycles. The summed E-state index contributed by atoms with van der Waals surface area (Å²) >= 11 is 0. The fraction of sp³-hybridized carbons (Fsp3) is 0.348. The number of aromatic amines is 1. The minimum atomic E-state index is -1.03. The number of H-pyrrole nitrogens is 1. The third kappa shape index (κ3) is 6.93. The van der Waals surface area contributed by atoms with Crippen LogP contribution in [0, 0.1) is 29.2 Å². The van der Waals surface area contributed by atoms with Crippen molar-refractivity contribution in [3.05, 3.63) is 59.4 Å². The van der Waals surface area contributed by atoms with Gasteiger partial charge >= 0.3 is 0 Å². The number of carbonyl (C=O) groups excluding carboxylic acids is 2. The first kappa shape index (κ1) is 25.0. The van der Waals surface area contributed by atoms with Crippen molar-refractivity contribution < 1.29 is 31.9 Å². The number of imidazole rings is 1. The molecule has 0 spiro atoms. The molecule has 0 radical (unpaired) electrons. The Bertz CT molecular complexity index is 1120. The number of benzene rings is 2. The average molecular weight is 480 g/mol. The lowest BCUT2D eigenvalue weighted by atomic mass is 9.89. The molecule has 0 atom stereocenters. The van der Waals surface area contributed by atoms with Crippen LogP contribution < -0.4 is 15.8 Å². The minimum absolute atomic E-state index is 0.0347. The van der Waals surface area contributed by atoms with Gasteiger partial charge in [-0.15, -0.1) is 0 Å². The van der Waals surface area contributed by atoms with Gasteiger partial charge in [-0.3, -0.25) is 9.59 Å². The number of nitrogens with zero attached hydrogens (tertiary/aromatic N) is 1. The van der Waals surface area contributed by atoms with Gasteiger partial charge in [0.25, 0.3) is 5.91 Å². The molecule has 7 nitrogen and oxygen atoms in total. The van der Waals surface area contributed by atoms with Crippen LogP contribution in [0.5, 0.6) is 5.75 Å². The van der Waals surface area contributed by atoms with Gasteiger partial charge in [-0.1, -0.05) is 19.3 Å². The van der Waals surface area contributed by atoms with Crippen LogP contribution in [-0.2, 0) is 16.1 Å². The summed E-state index contributed by atoms with van der Waals surface area (Å²) < 4.78 is 55.9. The van der Waals surface area contributed by atoms with Crippen LogP contribution in [0.4, 0.5) is 17.6 Å². The zero-order valence-corrected chi connectivity index (χ0v) is 18.2. The minimum Gasteiger partial charge on any atom is -0.484 e. The van der Waals surface area contributed by atoms with E-state index in [4.69, 9.17) is 10.5 Å². The highest BCUT2D eigenvalue weighted by Crippen LogP contribution is 2.24. The molecular formula is C23H24F4N4O3. The molecule has 1 aliphatic rings. The van der Waals surface area contributed by atoms with Gasteiger partial charge in [0, 0.05) is 24.1 Å². The molecule has 3 aromatic rings. The van der Waals surface area contributed by atoms with Crippen molar-refractivity contribution in [1.82, 2.24) is 15.3 Å². The standard InChI is InChI=1S/C15H17F2N3O.C8H7F2NO2/c16-10-6-12-13(7-11(10)17)20-14(19-12)8-18-15(21)9-4-2-1-3-5-9;9-6-2-1-5(3-7(6)10)13-4-8(11)12/h6-7,9H,1-5,8H2,(H,18,21)(H,19,20);1-3H,4H2,(H2,11,12). The van der Waals surface area contributed by atoms with Gasteiger partial charge in [0.1, 0.15) is 11.6 Å². The van der Waals surface area contributed by atoms with Crippen molar-refractivity contribution >= 4 is 22.8 Å². The summed E-state index contributed by atoms with van der Waals surface area (Å²) in [6.07, 6.45) is 5.26. The molecule has 0 unspecified atom stereocenters. The molecule has 1 aromatic heterocycles. The van der Waals surface area contributed by atoms with E-state index in [2.05, 4.69) is 15.3 Å². The number of primary amides is 1. The van der Waals surface area contributed by atoms with Crippen LogP contribution in [-0.4, -0.2) is 28.4 Å². The number of carbonyl (C=O) groups is 2. The van der Waals surface area contributed by atoms with Crippen molar-refractivity contribution in [2.75, 3.05) is 6.61 Å². The quantitative estimate of drug-likeness (QED) is 0.465. The van der Waals surface area contributed by atoms with Crippen molar-refractivity contribution in [2.45, 2.75) is 38.6 Å². The van der Waals surface area contributed by atoms with Crippen LogP contribution >= 0.6 is 0 Å². The number of hydrogen-bond acceptors (Lipinski definition) is 4. The molecule has 1 heterocycles. The number of ether oxygens (including phenoxy) is 1. The Morgan fingerprint density at radius 1 is 1.00 bits per heavy atom. The van der Waals surface area contributed by atoms with Gasteiger partial charge < -0.3 is 20.8 Å². The van der Waals surface area contributed by atoms with E-state index in [1.54, 1.807) is 0 Å². The van der Waals surface area contributed by atoms with E-state index < -0.39 is 29.2 Å². The largest absolute Gasteiger partial charge is 0.484 e. The number of rotatable bonds is 6. The number of halogens is 4. The van der Waals surface area contributed by atoms with E-state index in [1.807, 2.05) is 0 Å². The molecule has 0 bridgehead atoms. The summed E-state index contributed by atoms with van der Waals surface area (Å²) in [4.78, 5) is 29.3. The number of fused-ring (bicyclic) bond motifs is 1. The number of aromatic nitrogens is 2. The molecule has 1 fully saturated rings. The van der Waals surface area contributed by atoms with Crippen LogP contribution in [0.3, 0.4) is 0 Å². The van der Waals surface area contributed by atoms with Crippen LogP contribution in [0.1, 0.15) is 37.9 Å². The molecule has 0 saturated heterocycles. The Hall–Kier alpha value is -3.63. The Kier molecular flexibility index (Phi) is 8.44. The maximum Gasteiger partial charge on any atom is 0.255 e. The smallest absolute Gasteiger partial charge is 0.255 e. The zero-order valence-electron chi connectivity index (χ0n) is 18.2. The second kappa shape index (κ2) is 11.5. The molecule has 1 aliphatic carbocycles. The van der Waals surface area contributed by atoms with E-state index >= 15 is 0 Å². The number of hydrogen-bond donors (Lipinski definition) is 3. The summed E-state index contributed by atoms with van der Waals surface area (Å²) in [7, 11) is 0. The SMILES string of the molecule is NC(=O)COc1ccc(F)c(F)c1.O=C(NCc1nc2cc(F)c(F)cc2[nH]1)C1CCCCC1. The molecule has 182 valence electrons. The second-order valence-corrected chi connectivity index (χ2v) is 7.85. The molecule has 11 heteroatoms. The summed E-state index contributed by atoms with van der Waals surface area (Å²) in [5.74, 6) is -3.82. The summed E-state index contributed by atoms with van der Waals surface area (Å²) in [6, 6.07) is 5.09. The van der Waals surface area contributed by atoms with Crippen LogP contribution in [0.25, 0.3) is 11.0 Å². The van der Waals surface area contributed by atoms with Crippen molar-refractivity contribution in [3.63, 3.8) is 0 Å². The third-order valence-electron chi connectivity index (χ3n) is 5.25. The van der Waals surface area contributed by atoms with E-state index in [0.717, 1.165) is 49.9 Å². The van der Waals surface area contributed by atoms with E-state index in [-0.39, 0.29) is 30.7 Å². The molecule has 1 saturated carbocycles. The number of nitrogens with two attached hydrogens (primary N) is 1. The molecule has 2 amide bonds. The third-order valence-corrected chi connectivity index (χ3v) is 5.25. The maximum atomic E-state index is 13.1. The lowest BCUT2D eigenvalue weighted by Crippen LogP contribution is -2.31. The fourth-order valence-electron chi connectivity index (χ4n) is 3.54. The second-order valence-electron chi connectivity index (χ2n) is 7.85. The Labute approximate surface area is 192 Å². The van der Waals surface area contributed by atoms with Gasteiger partial charge in [-0.25, -0.2) is 22.5 Å². The van der Waals surface area contributed by atoms with Crippen LogP contribution in [0.15, 0.2) is 30.3 Å². The van der Waals surface area contributed by atoms with E-state index in [9.17, 15) is 27.2 Å². The van der Waals surface area contributed by atoms with Gasteiger partial charge in [-0.2, -0.15) is 0 Å². The van der Waals surface area contributed by atoms with E-state index in [1.165, 1.54) is 12.5 Å². The number of nitrogens with one attached hydrogen (secondary N) is 2.